The second-order valence-electron chi connectivity index (χ2n) is 4.08. The fourth-order valence-electron chi connectivity index (χ4n) is 1.49. The van der Waals surface area contributed by atoms with E-state index < -0.39 is 4.92 Å². The number of carbonyl (C=O) groups is 1. The van der Waals surface area contributed by atoms with Crippen LogP contribution in [-0.4, -0.2) is 31.1 Å². The zero-order chi connectivity index (χ0) is 15.0. The van der Waals surface area contributed by atoms with E-state index in [0.717, 1.165) is 12.8 Å². The molecule has 0 atom stereocenters. The van der Waals surface area contributed by atoms with Crippen molar-refractivity contribution < 1.29 is 19.2 Å². The van der Waals surface area contributed by atoms with Crippen LogP contribution in [0.2, 0.25) is 0 Å². The van der Waals surface area contributed by atoms with Gasteiger partial charge in [-0.3, -0.25) is 14.9 Å². The first-order valence-corrected chi connectivity index (χ1v) is 6.30. The molecular formula is C13H18N2O5. The van der Waals surface area contributed by atoms with Crippen LogP contribution in [-0.2, 0) is 4.79 Å². The van der Waals surface area contributed by atoms with E-state index in [0.29, 0.717) is 12.3 Å². The number of nitro benzene ring substituents is 1. The van der Waals surface area contributed by atoms with Gasteiger partial charge in [-0.1, -0.05) is 13.3 Å². The van der Waals surface area contributed by atoms with E-state index in [1.807, 2.05) is 6.92 Å². The number of amides is 1. The standard InChI is InChI=1S/C13H18N2O5/c1-3-4-7-14-13(16)9-20-12-6-5-10(19-2)8-11(12)15(17)18/h5-6,8H,3-4,7,9H2,1-2H3,(H,14,16). The first kappa shape index (κ1) is 15.7. The van der Waals surface area contributed by atoms with Crippen LogP contribution >= 0.6 is 0 Å². The number of nitro groups is 1. The molecule has 1 N–H and O–H groups in total. The molecule has 110 valence electrons. The molecule has 0 fully saturated rings. The molecule has 1 rings (SSSR count). The number of hydrogen-bond acceptors (Lipinski definition) is 5. The van der Waals surface area contributed by atoms with Crippen molar-refractivity contribution in [1.82, 2.24) is 5.32 Å². The number of benzene rings is 1. The summed E-state index contributed by atoms with van der Waals surface area (Å²) in [6.07, 6.45) is 1.86. The van der Waals surface area contributed by atoms with E-state index in [-0.39, 0.29) is 24.0 Å². The number of carbonyl (C=O) groups excluding carboxylic acids is 1. The minimum absolute atomic E-state index is 0.0430. The minimum Gasteiger partial charge on any atom is -0.496 e. The molecule has 0 bridgehead atoms. The van der Waals surface area contributed by atoms with Crippen molar-refractivity contribution in [2.24, 2.45) is 0 Å². The maximum absolute atomic E-state index is 11.5. The first-order chi connectivity index (χ1) is 9.58. The molecule has 1 aromatic rings. The molecule has 20 heavy (non-hydrogen) atoms. The summed E-state index contributed by atoms with van der Waals surface area (Å²) in [5, 5.41) is 13.6. The van der Waals surface area contributed by atoms with Crippen molar-refractivity contribution in [3.05, 3.63) is 28.3 Å². The quantitative estimate of drug-likeness (QED) is 0.446. The summed E-state index contributed by atoms with van der Waals surface area (Å²) < 4.78 is 10.1. The van der Waals surface area contributed by atoms with Gasteiger partial charge in [0.2, 0.25) is 0 Å². The van der Waals surface area contributed by atoms with Gasteiger partial charge in [0.15, 0.2) is 12.4 Å². The molecule has 0 spiro atoms. The van der Waals surface area contributed by atoms with Gasteiger partial charge in [-0.2, -0.15) is 0 Å². The van der Waals surface area contributed by atoms with E-state index >= 15 is 0 Å². The third-order valence-corrected chi connectivity index (χ3v) is 2.57. The molecule has 7 heteroatoms. The first-order valence-electron chi connectivity index (χ1n) is 6.30. The normalized spacial score (nSPS) is 9.90. The third-order valence-electron chi connectivity index (χ3n) is 2.57. The number of nitrogens with one attached hydrogen (secondary N) is 1. The van der Waals surface area contributed by atoms with Gasteiger partial charge in [-0.15, -0.1) is 0 Å². The smallest absolute Gasteiger partial charge is 0.314 e. The predicted molar refractivity (Wildman–Crippen MR) is 73.1 cm³/mol. The van der Waals surface area contributed by atoms with Crippen LogP contribution in [0.25, 0.3) is 0 Å². The van der Waals surface area contributed by atoms with Crippen molar-refractivity contribution >= 4 is 11.6 Å². The zero-order valence-electron chi connectivity index (χ0n) is 11.5. The number of ether oxygens (including phenoxy) is 2. The molecule has 0 saturated heterocycles. The summed E-state index contributed by atoms with van der Waals surface area (Å²) in [4.78, 5) is 21.8. The Bertz CT molecular complexity index is 476. The van der Waals surface area contributed by atoms with Crippen molar-refractivity contribution in [2.45, 2.75) is 19.8 Å². The average Bonchev–Trinajstić information content (AvgIpc) is 2.45. The second kappa shape index (κ2) is 7.98. The molecule has 0 aliphatic carbocycles. The Balaban J connectivity index is 2.63. The Labute approximate surface area is 117 Å². The lowest BCUT2D eigenvalue weighted by Gasteiger charge is -2.08. The van der Waals surface area contributed by atoms with Gasteiger partial charge in [0.25, 0.3) is 5.91 Å². The van der Waals surface area contributed by atoms with Gasteiger partial charge < -0.3 is 14.8 Å². The second-order valence-corrected chi connectivity index (χ2v) is 4.08. The number of unbranched alkanes of at least 4 members (excludes halogenated alkanes) is 1. The zero-order valence-corrected chi connectivity index (χ0v) is 11.5. The molecule has 0 heterocycles. The Morgan fingerprint density at radius 3 is 2.80 bits per heavy atom. The topological polar surface area (TPSA) is 90.7 Å². The molecule has 0 aliphatic heterocycles. The predicted octanol–water partition coefficient (Wildman–Crippen LogP) is 1.90. The Kier molecular flexibility index (Phi) is 6.28. The molecule has 1 amide bonds. The number of methoxy groups -OCH3 is 1. The van der Waals surface area contributed by atoms with Crippen molar-refractivity contribution in [3.8, 4) is 11.5 Å². The fraction of sp³-hybridized carbons (Fsp3) is 0.462. The van der Waals surface area contributed by atoms with Crippen LogP contribution in [0.4, 0.5) is 5.69 Å². The molecule has 0 aliphatic rings. The largest absolute Gasteiger partial charge is 0.496 e. The number of hydrogen-bond donors (Lipinski definition) is 1. The van der Waals surface area contributed by atoms with Gasteiger partial charge in [0.1, 0.15) is 5.75 Å². The van der Waals surface area contributed by atoms with Crippen LogP contribution in [0, 0.1) is 10.1 Å². The maximum atomic E-state index is 11.5. The van der Waals surface area contributed by atoms with Gasteiger partial charge in [0.05, 0.1) is 18.1 Å². The average molecular weight is 282 g/mol. The highest BCUT2D eigenvalue weighted by molar-refractivity contribution is 5.77. The molecule has 0 aromatic heterocycles. The number of nitrogens with zero attached hydrogens (tertiary/aromatic N) is 1. The van der Waals surface area contributed by atoms with Gasteiger partial charge >= 0.3 is 5.69 Å². The summed E-state index contributed by atoms with van der Waals surface area (Å²) >= 11 is 0. The monoisotopic (exact) mass is 282 g/mol. The maximum Gasteiger partial charge on any atom is 0.314 e. The highest BCUT2D eigenvalue weighted by atomic mass is 16.6. The summed E-state index contributed by atoms with van der Waals surface area (Å²) in [7, 11) is 1.42. The minimum atomic E-state index is -0.577. The third kappa shape index (κ3) is 4.75. The molecule has 1 aromatic carbocycles. The van der Waals surface area contributed by atoms with Gasteiger partial charge in [-0.05, 0) is 18.6 Å². The summed E-state index contributed by atoms with van der Waals surface area (Å²) in [5.41, 5.74) is -0.231. The highest BCUT2D eigenvalue weighted by Gasteiger charge is 2.17. The lowest BCUT2D eigenvalue weighted by atomic mass is 10.3. The number of rotatable bonds is 8. The highest BCUT2D eigenvalue weighted by Crippen LogP contribution is 2.30. The van der Waals surface area contributed by atoms with Crippen molar-refractivity contribution in [3.63, 3.8) is 0 Å². The van der Waals surface area contributed by atoms with Crippen LogP contribution < -0.4 is 14.8 Å². The fourth-order valence-corrected chi connectivity index (χ4v) is 1.49. The van der Waals surface area contributed by atoms with E-state index in [9.17, 15) is 14.9 Å². The Morgan fingerprint density at radius 2 is 2.20 bits per heavy atom. The van der Waals surface area contributed by atoms with Gasteiger partial charge in [-0.25, -0.2) is 0 Å². The SMILES string of the molecule is CCCCNC(=O)COc1ccc(OC)cc1[N+](=O)[O-]. The Morgan fingerprint density at radius 1 is 1.45 bits per heavy atom. The summed E-state index contributed by atoms with van der Waals surface area (Å²) in [5.74, 6) is 0.0986. The van der Waals surface area contributed by atoms with E-state index in [4.69, 9.17) is 9.47 Å². The Hall–Kier alpha value is -2.31. The van der Waals surface area contributed by atoms with Crippen LogP contribution in [0.3, 0.4) is 0 Å². The van der Waals surface area contributed by atoms with Crippen LogP contribution in [0.5, 0.6) is 11.5 Å². The molecule has 0 unspecified atom stereocenters. The van der Waals surface area contributed by atoms with E-state index in [1.165, 1.54) is 25.3 Å². The van der Waals surface area contributed by atoms with Crippen molar-refractivity contribution in [1.29, 1.82) is 0 Å². The van der Waals surface area contributed by atoms with Gasteiger partial charge in [0, 0.05) is 6.54 Å². The van der Waals surface area contributed by atoms with Crippen LogP contribution in [0.1, 0.15) is 19.8 Å². The molecule has 0 saturated carbocycles. The molecule has 0 radical (unpaired) electrons. The molecule has 7 nitrogen and oxygen atoms in total. The lowest BCUT2D eigenvalue weighted by Crippen LogP contribution is -2.29. The molecular weight excluding hydrogens is 264 g/mol. The van der Waals surface area contributed by atoms with E-state index in [2.05, 4.69) is 5.32 Å². The summed E-state index contributed by atoms with van der Waals surface area (Å²) in [6.45, 7) is 2.34. The van der Waals surface area contributed by atoms with E-state index in [1.54, 1.807) is 0 Å². The summed E-state index contributed by atoms with van der Waals surface area (Å²) in [6, 6.07) is 4.21. The van der Waals surface area contributed by atoms with Crippen LogP contribution in [0.15, 0.2) is 18.2 Å². The lowest BCUT2D eigenvalue weighted by molar-refractivity contribution is -0.385. The van der Waals surface area contributed by atoms with Crippen molar-refractivity contribution in [2.75, 3.05) is 20.3 Å².